The van der Waals surface area contributed by atoms with Crippen LogP contribution in [0.1, 0.15) is 29.5 Å². The zero-order chi connectivity index (χ0) is 13.9. The number of carbonyl (C=O) groups excluding carboxylic acids is 1. The van der Waals surface area contributed by atoms with Gasteiger partial charge in [0.2, 0.25) is 0 Å². The fraction of sp³-hybridized carbons (Fsp3) is 0.333. The number of halogens is 2. The first-order chi connectivity index (χ1) is 8.38. The molecule has 98 valence electrons. The van der Waals surface area contributed by atoms with Gasteiger partial charge in [-0.25, -0.2) is 18.6 Å². The number of ether oxygens (including phenoxy) is 1. The average Bonchev–Trinajstić information content (AvgIpc) is 2.27. The van der Waals surface area contributed by atoms with Crippen LogP contribution in [0, 0.1) is 10.1 Å². The number of aromatic nitrogens is 1. The lowest BCUT2D eigenvalue weighted by atomic mass is 10.2. The molecule has 9 heteroatoms. The van der Waals surface area contributed by atoms with Crippen molar-refractivity contribution < 1.29 is 23.2 Å². The molecule has 0 atom stereocenters. The molecule has 0 aromatic carbocycles. The fourth-order valence-corrected chi connectivity index (χ4v) is 1.24. The molecule has 0 aliphatic heterocycles. The molecule has 1 aromatic rings. The first-order valence-electron chi connectivity index (χ1n) is 4.78. The second kappa shape index (κ2) is 5.34. The minimum absolute atomic E-state index is 0.0153. The van der Waals surface area contributed by atoms with Gasteiger partial charge in [0, 0.05) is 6.07 Å². The van der Waals surface area contributed by atoms with Gasteiger partial charge in [-0.05, 0) is 6.92 Å². The van der Waals surface area contributed by atoms with E-state index >= 15 is 0 Å². The van der Waals surface area contributed by atoms with Gasteiger partial charge >= 0.3 is 11.7 Å². The van der Waals surface area contributed by atoms with Crippen molar-refractivity contribution in [3.8, 4) is 0 Å². The Morgan fingerprint density at radius 3 is 2.72 bits per heavy atom. The largest absolute Gasteiger partial charge is 0.461 e. The van der Waals surface area contributed by atoms with Crippen LogP contribution in [0.25, 0.3) is 0 Å². The lowest BCUT2D eigenvalue weighted by Gasteiger charge is -2.07. The van der Waals surface area contributed by atoms with Gasteiger partial charge in [-0.3, -0.25) is 10.1 Å². The topological polar surface area (TPSA) is 108 Å². The number of hydrogen-bond acceptors (Lipinski definition) is 6. The maximum absolute atomic E-state index is 12.6. The summed E-state index contributed by atoms with van der Waals surface area (Å²) < 4.78 is 29.8. The van der Waals surface area contributed by atoms with Crippen LogP contribution in [0.15, 0.2) is 6.07 Å². The molecule has 2 N–H and O–H groups in total. The lowest BCUT2D eigenvalue weighted by Crippen LogP contribution is -2.12. The highest BCUT2D eigenvalue weighted by atomic mass is 19.3. The molecule has 0 saturated carbocycles. The maximum Gasteiger partial charge on any atom is 0.357 e. The van der Waals surface area contributed by atoms with Crippen LogP contribution in [0.5, 0.6) is 0 Å². The summed E-state index contributed by atoms with van der Waals surface area (Å²) in [5.41, 5.74) is 2.07. The number of nitro groups is 1. The summed E-state index contributed by atoms with van der Waals surface area (Å²) in [5.74, 6) is -0.971. The van der Waals surface area contributed by atoms with Crippen molar-refractivity contribution in [2.24, 2.45) is 0 Å². The van der Waals surface area contributed by atoms with E-state index in [0.717, 1.165) is 6.07 Å². The van der Waals surface area contributed by atoms with Gasteiger partial charge in [-0.2, -0.15) is 0 Å². The van der Waals surface area contributed by atoms with Gasteiger partial charge in [0.05, 0.1) is 11.5 Å². The molecule has 0 bridgehead atoms. The minimum Gasteiger partial charge on any atom is -0.461 e. The van der Waals surface area contributed by atoms with E-state index in [2.05, 4.69) is 9.72 Å². The van der Waals surface area contributed by atoms with Crippen molar-refractivity contribution >= 4 is 17.3 Å². The summed E-state index contributed by atoms with van der Waals surface area (Å²) in [6, 6.07) is 0.835. The molecule has 0 aliphatic rings. The van der Waals surface area contributed by atoms with Gasteiger partial charge in [-0.15, -0.1) is 0 Å². The second-order valence-electron chi connectivity index (χ2n) is 3.11. The number of nitrogens with two attached hydrogens (primary N) is 1. The molecule has 1 aromatic heterocycles. The summed E-state index contributed by atoms with van der Waals surface area (Å²) in [5, 5.41) is 10.6. The number of nitrogen functional groups attached to an aromatic ring is 1. The van der Waals surface area contributed by atoms with Crippen molar-refractivity contribution in [1.82, 2.24) is 4.98 Å². The van der Waals surface area contributed by atoms with Crippen LogP contribution in [-0.4, -0.2) is 22.5 Å². The number of anilines is 1. The Hall–Kier alpha value is -2.32. The SMILES string of the molecule is CCOC(=O)c1cc(N)c([N+](=O)[O-])c(C(F)F)n1. The van der Waals surface area contributed by atoms with Gasteiger partial charge in [0.1, 0.15) is 5.69 Å². The number of hydrogen-bond donors (Lipinski definition) is 1. The number of pyridine rings is 1. The molecule has 0 unspecified atom stereocenters. The molecule has 0 amide bonds. The van der Waals surface area contributed by atoms with E-state index < -0.39 is 40.1 Å². The van der Waals surface area contributed by atoms with Crippen LogP contribution in [0.3, 0.4) is 0 Å². The summed E-state index contributed by atoms with van der Waals surface area (Å²) in [7, 11) is 0. The number of carbonyl (C=O) groups is 1. The predicted octanol–water partition coefficient (Wildman–Crippen LogP) is 1.69. The highest BCUT2D eigenvalue weighted by molar-refractivity contribution is 5.89. The Kier molecular flexibility index (Phi) is 4.08. The molecule has 7 nitrogen and oxygen atoms in total. The number of nitrogens with zero attached hydrogens (tertiary/aromatic N) is 2. The molecular formula is C9H9F2N3O4. The first-order valence-corrected chi connectivity index (χ1v) is 4.78. The van der Waals surface area contributed by atoms with Crippen molar-refractivity contribution in [2.45, 2.75) is 13.3 Å². The summed E-state index contributed by atoms with van der Waals surface area (Å²) in [6.45, 7) is 1.53. The number of alkyl halides is 2. The molecule has 0 fully saturated rings. The Morgan fingerprint density at radius 1 is 1.67 bits per heavy atom. The third-order valence-electron chi connectivity index (χ3n) is 1.92. The van der Waals surface area contributed by atoms with E-state index in [1.54, 1.807) is 0 Å². The third kappa shape index (κ3) is 2.67. The fourth-order valence-electron chi connectivity index (χ4n) is 1.24. The van der Waals surface area contributed by atoms with Gasteiger partial charge in [-0.1, -0.05) is 0 Å². The standard InChI is InChI=1S/C9H9F2N3O4/c1-2-18-9(15)5-3-4(12)7(14(16)17)6(13-5)8(10)11/h3,8H,2H2,1H3,(H2,12,13). The third-order valence-corrected chi connectivity index (χ3v) is 1.92. The Balaban J connectivity index is 3.36. The van der Waals surface area contributed by atoms with E-state index in [0.29, 0.717) is 0 Å². The quantitative estimate of drug-likeness (QED) is 0.501. The minimum atomic E-state index is -3.22. The zero-order valence-electron chi connectivity index (χ0n) is 9.22. The van der Waals surface area contributed by atoms with Gasteiger partial charge in [0.25, 0.3) is 6.43 Å². The molecule has 18 heavy (non-hydrogen) atoms. The first kappa shape index (κ1) is 13.7. The summed E-state index contributed by atoms with van der Waals surface area (Å²) in [4.78, 5) is 24.0. The van der Waals surface area contributed by atoms with E-state index in [-0.39, 0.29) is 6.61 Å². The van der Waals surface area contributed by atoms with Crippen LogP contribution < -0.4 is 5.73 Å². The van der Waals surface area contributed by atoms with Gasteiger partial charge < -0.3 is 10.5 Å². The molecule has 0 saturated heterocycles. The monoisotopic (exact) mass is 261 g/mol. The Labute approximate surface area is 99.7 Å². The lowest BCUT2D eigenvalue weighted by molar-refractivity contribution is -0.385. The van der Waals surface area contributed by atoms with E-state index in [4.69, 9.17) is 5.73 Å². The van der Waals surface area contributed by atoms with Crippen LogP contribution in [-0.2, 0) is 4.74 Å². The molecule has 1 rings (SSSR count). The Bertz CT molecular complexity index is 493. The maximum atomic E-state index is 12.6. The molecular weight excluding hydrogens is 252 g/mol. The van der Waals surface area contributed by atoms with Crippen molar-refractivity contribution in [2.75, 3.05) is 12.3 Å². The predicted molar refractivity (Wildman–Crippen MR) is 56.2 cm³/mol. The van der Waals surface area contributed by atoms with E-state index in [9.17, 15) is 23.7 Å². The van der Waals surface area contributed by atoms with Crippen LogP contribution >= 0.6 is 0 Å². The molecule has 1 heterocycles. The smallest absolute Gasteiger partial charge is 0.357 e. The highest BCUT2D eigenvalue weighted by Crippen LogP contribution is 2.32. The molecule has 0 radical (unpaired) electrons. The summed E-state index contributed by atoms with van der Waals surface area (Å²) in [6.07, 6.45) is -3.22. The van der Waals surface area contributed by atoms with Gasteiger partial charge in [0.15, 0.2) is 11.4 Å². The van der Waals surface area contributed by atoms with Crippen molar-refractivity contribution in [1.29, 1.82) is 0 Å². The molecule has 0 spiro atoms. The second-order valence-corrected chi connectivity index (χ2v) is 3.11. The van der Waals surface area contributed by atoms with Crippen LogP contribution in [0.2, 0.25) is 0 Å². The van der Waals surface area contributed by atoms with E-state index in [1.807, 2.05) is 0 Å². The normalized spacial score (nSPS) is 10.4. The van der Waals surface area contributed by atoms with Crippen molar-refractivity contribution in [3.05, 3.63) is 27.6 Å². The number of rotatable bonds is 4. The molecule has 0 aliphatic carbocycles. The summed E-state index contributed by atoms with van der Waals surface area (Å²) >= 11 is 0. The van der Waals surface area contributed by atoms with E-state index in [1.165, 1.54) is 6.92 Å². The highest BCUT2D eigenvalue weighted by Gasteiger charge is 2.29. The van der Waals surface area contributed by atoms with Crippen LogP contribution in [0.4, 0.5) is 20.2 Å². The Morgan fingerprint density at radius 2 is 2.28 bits per heavy atom. The number of esters is 1. The average molecular weight is 261 g/mol. The zero-order valence-corrected chi connectivity index (χ0v) is 9.22. The van der Waals surface area contributed by atoms with Crippen molar-refractivity contribution in [3.63, 3.8) is 0 Å².